The van der Waals surface area contributed by atoms with Crippen LogP contribution in [0.25, 0.3) is 0 Å². The average molecular weight is 275 g/mol. The van der Waals surface area contributed by atoms with E-state index in [1.807, 2.05) is 30.3 Å². The van der Waals surface area contributed by atoms with Crippen molar-refractivity contribution in [2.24, 2.45) is 5.92 Å². The maximum Gasteiger partial charge on any atom is 0.216 e. The first-order valence-electron chi connectivity index (χ1n) is 8.10. The van der Waals surface area contributed by atoms with Crippen molar-refractivity contribution >= 4 is 11.9 Å². The van der Waals surface area contributed by atoms with Crippen LogP contribution in [0.15, 0.2) is 30.3 Å². The molecule has 0 fully saturated rings. The van der Waals surface area contributed by atoms with E-state index in [0.717, 1.165) is 16.8 Å². The second-order valence-corrected chi connectivity index (χ2v) is 5.70. The van der Waals surface area contributed by atoms with Gasteiger partial charge in [0.2, 0.25) is 5.69 Å². The minimum Gasteiger partial charge on any atom is -0.619 e. The minimum atomic E-state index is 0.350. The summed E-state index contributed by atoms with van der Waals surface area (Å²) < 4.78 is 1.01. The summed E-state index contributed by atoms with van der Waals surface area (Å²) in [6, 6.07) is 9.43. The Hall–Kier alpha value is -1.31. The third kappa shape index (κ3) is 7.32. The van der Waals surface area contributed by atoms with Crippen molar-refractivity contribution in [2.45, 2.75) is 65.2 Å². The third-order valence-electron chi connectivity index (χ3n) is 3.66. The molecule has 1 unspecified atom stereocenters. The Bertz CT molecular complexity index is 372. The molecule has 1 rings (SSSR count). The molecule has 0 aliphatic rings. The molecule has 1 aromatic rings. The zero-order chi connectivity index (χ0) is 14.6. The van der Waals surface area contributed by atoms with Crippen molar-refractivity contribution in [3.63, 3.8) is 0 Å². The molecule has 20 heavy (non-hydrogen) atoms. The molecule has 0 aliphatic carbocycles. The summed E-state index contributed by atoms with van der Waals surface area (Å²) in [7, 11) is 0. The van der Waals surface area contributed by atoms with Crippen molar-refractivity contribution in [3.8, 4) is 0 Å². The number of unbranched alkanes of at least 4 members (excludes halogenated alkanes) is 6. The van der Waals surface area contributed by atoms with E-state index in [-0.39, 0.29) is 0 Å². The maximum atomic E-state index is 11.9. The van der Waals surface area contributed by atoms with Crippen LogP contribution >= 0.6 is 0 Å². The van der Waals surface area contributed by atoms with Gasteiger partial charge in [-0.3, -0.25) is 0 Å². The second-order valence-electron chi connectivity index (χ2n) is 5.70. The van der Waals surface area contributed by atoms with Crippen LogP contribution in [0.4, 0.5) is 5.69 Å². The van der Waals surface area contributed by atoms with Crippen LogP contribution in [0.3, 0.4) is 0 Å². The Morgan fingerprint density at radius 1 is 1.00 bits per heavy atom. The zero-order valence-electron chi connectivity index (χ0n) is 13.1. The van der Waals surface area contributed by atoms with Crippen molar-refractivity contribution < 1.29 is 4.74 Å². The second kappa shape index (κ2) is 10.5. The number of rotatable bonds is 10. The largest absolute Gasteiger partial charge is 0.619 e. The quantitative estimate of drug-likeness (QED) is 0.177. The molecule has 0 saturated heterocycles. The number of para-hydroxylation sites is 1. The Balaban J connectivity index is 2.18. The van der Waals surface area contributed by atoms with Gasteiger partial charge in [-0.05, 0) is 6.42 Å². The third-order valence-corrected chi connectivity index (χ3v) is 3.66. The van der Waals surface area contributed by atoms with E-state index < -0.39 is 0 Å². The topological polar surface area (TPSA) is 26.1 Å². The van der Waals surface area contributed by atoms with Gasteiger partial charge in [-0.25, -0.2) is 0 Å². The van der Waals surface area contributed by atoms with E-state index in [2.05, 4.69) is 13.8 Å². The molecule has 0 saturated carbocycles. The van der Waals surface area contributed by atoms with Crippen LogP contribution in [0.2, 0.25) is 0 Å². The van der Waals surface area contributed by atoms with Gasteiger partial charge >= 0.3 is 0 Å². The Morgan fingerprint density at radius 3 is 2.25 bits per heavy atom. The Labute approximate surface area is 124 Å². The lowest BCUT2D eigenvalue weighted by molar-refractivity contribution is -0.358. The highest BCUT2D eigenvalue weighted by molar-refractivity contribution is 5.56. The molecule has 0 heterocycles. The Morgan fingerprint density at radius 2 is 1.60 bits per heavy atom. The molecule has 0 amide bonds. The van der Waals surface area contributed by atoms with Gasteiger partial charge < -0.3 is 5.21 Å². The van der Waals surface area contributed by atoms with Gasteiger partial charge in [-0.2, -0.15) is 4.74 Å². The van der Waals surface area contributed by atoms with Gasteiger partial charge in [0.25, 0.3) is 0 Å². The first kappa shape index (κ1) is 16.7. The fourth-order valence-electron chi connectivity index (χ4n) is 2.39. The summed E-state index contributed by atoms with van der Waals surface area (Å²) in [5.41, 5.74) is 0.721. The monoisotopic (exact) mass is 275 g/mol. The molecule has 1 aromatic carbocycles. The van der Waals surface area contributed by atoms with Crippen LogP contribution < -0.4 is 0 Å². The highest BCUT2D eigenvalue weighted by Crippen LogP contribution is 2.13. The van der Waals surface area contributed by atoms with E-state index >= 15 is 0 Å². The van der Waals surface area contributed by atoms with Gasteiger partial charge in [0.1, 0.15) is 0 Å². The number of benzene rings is 1. The standard InChI is InChI=1S/C18H29NO/c1-3-4-5-6-7-8-10-13-17(2)16-19(20)18-14-11-9-12-15-18/h9,11-12,14-17H,3-8,10,13H2,1-2H3. The van der Waals surface area contributed by atoms with Crippen molar-refractivity contribution in [1.82, 2.24) is 0 Å². The molecule has 2 nitrogen and oxygen atoms in total. The maximum absolute atomic E-state index is 11.9. The fraction of sp³-hybridized carbons (Fsp3) is 0.611. The molecular weight excluding hydrogens is 246 g/mol. The lowest BCUT2D eigenvalue weighted by Gasteiger charge is -2.07. The molecule has 0 bridgehead atoms. The van der Waals surface area contributed by atoms with E-state index in [1.54, 1.807) is 6.21 Å². The minimum absolute atomic E-state index is 0.350. The van der Waals surface area contributed by atoms with Crippen LogP contribution in [0, 0.1) is 11.1 Å². The molecule has 2 heteroatoms. The summed E-state index contributed by atoms with van der Waals surface area (Å²) in [6.45, 7) is 4.38. The SMILES string of the molecule is CCCCCCCCCC(C)C=[N+]([O-])c1ccccc1. The molecule has 0 aliphatic heterocycles. The van der Waals surface area contributed by atoms with Gasteiger partial charge in [-0.1, -0.05) is 77.0 Å². The summed E-state index contributed by atoms with van der Waals surface area (Å²) in [4.78, 5) is 0. The molecule has 0 N–H and O–H groups in total. The first-order valence-corrected chi connectivity index (χ1v) is 8.10. The average Bonchev–Trinajstić information content (AvgIpc) is 2.47. The zero-order valence-corrected chi connectivity index (χ0v) is 13.1. The summed E-state index contributed by atoms with van der Waals surface area (Å²) in [6.07, 6.45) is 12.2. The molecule has 1 atom stereocenters. The molecule has 112 valence electrons. The molecule has 0 aromatic heterocycles. The predicted octanol–water partition coefficient (Wildman–Crippen LogP) is 5.68. The van der Waals surface area contributed by atoms with Gasteiger partial charge in [0, 0.05) is 18.1 Å². The number of nitrogens with zero attached hydrogens (tertiary/aromatic N) is 1. The smallest absolute Gasteiger partial charge is 0.216 e. The highest BCUT2D eigenvalue weighted by atomic mass is 16.5. The van der Waals surface area contributed by atoms with Gasteiger partial charge in [0.15, 0.2) is 6.21 Å². The van der Waals surface area contributed by atoms with Crippen LogP contribution in [-0.4, -0.2) is 11.0 Å². The molecular formula is C18H29NO. The van der Waals surface area contributed by atoms with E-state index in [4.69, 9.17) is 0 Å². The van der Waals surface area contributed by atoms with E-state index in [1.165, 1.54) is 44.9 Å². The van der Waals surface area contributed by atoms with Crippen LogP contribution in [0.5, 0.6) is 0 Å². The fourth-order valence-corrected chi connectivity index (χ4v) is 2.39. The summed E-state index contributed by atoms with van der Waals surface area (Å²) in [5, 5.41) is 11.9. The summed E-state index contributed by atoms with van der Waals surface area (Å²) >= 11 is 0. The van der Waals surface area contributed by atoms with Crippen molar-refractivity contribution in [3.05, 3.63) is 35.5 Å². The van der Waals surface area contributed by atoms with Crippen LogP contribution in [0.1, 0.15) is 65.2 Å². The number of hydrogen-bond acceptors (Lipinski definition) is 1. The van der Waals surface area contributed by atoms with Crippen molar-refractivity contribution in [1.29, 1.82) is 0 Å². The molecule has 0 spiro atoms. The predicted molar refractivity (Wildman–Crippen MR) is 87.6 cm³/mol. The van der Waals surface area contributed by atoms with Gasteiger partial charge in [-0.15, -0.1) is 0 Å². The van der Waals surface area contributed by atoms with E-state index in [9.17, 15) is 5.21 Å². The molecule has 0 radical (unpaired) electrons. The van der Waals surface area contributed by atoms with Gasteiger partial charge in [0.05, 0.1) is 0 Å². The Kier molecular flexibility index (Phi) is 8.77. The highest BCUT2D eigenvalue weighted by Gasteiger charge is 2.05. The first-order chi connectivity index (χ1) is 9.74. The van der Waals surface area contributed by atoms with Crippen molar-refractivity contribution in [2.75, 3.05) is 0 Å². The number of hydrogen-bond donors (Lipinski definition) is 0. The normalized spacial score (nSPS) is 13.4. The lowest BCUT2D eigenvalue weighted by atomic mass is 10.0. The summed E-state index contributed by atoms with van der Waals surface area (Å²) in [5.74, 6) is 0.350. The van der Waals surface area contributed by atoms with Crippen LogP contribution in [-0.2, 0) is 0 Å². The van der Waals surface area contributed by atoms with E-state index in [0.29, 0.717) is 5.92 Å². The lowest BCUT2D eigenvalue weighted by Crippen LogP contribution is -2.06.